The molecule has 0 radical (unpaired) electrons. The van der Waals surface area contributed by atoms with Crippen LogP contribution in [0.25, 0.3) is 0 Å². The summed E-state index contributed by atoms with van der Waals surface area (Å²) in [5.74, 6) is -0.192. The molecule has 18 heavy (non-hydrogen) atoms. The number of aryl methyl sites for hydroxylation is 1. The summed E-state index contributed by atoms with van der Waals surface area (Å²) in [4.78, 5) is 4.49. The molecule has 0 saturated heterocycles. The van der Waals surface area contributed by atoms with Crippen molar-refractivity contribution in [2.45, 2.75) is 32.9 Å². The topological polar surface area (TPSA) is 24.9 Å². The van der Waals surface area contributed by atoms with Crippen LogP contribution in [0.15, 0.2) is 29.6 Å². The highest BCUT2D eigenvalue weighted by Crippen LogP contribution is 2.15. The van der Waals surface area contributed by atoms with E-state index >= 15 is 0 Å². The van der Waals surface area contributed by atoms with Crippen LogP contribution in [0, 0.1) is 5.82 Å². The minimum atomic E-state index is -0.192. The van der Waals surface area contributed by atoms with E-state index in [1.807, 2.05) is 13.0 Å². The zero-order valence-corrected chi connectivity index (χ0v) is 11.4. The fraction of sp³-hybridized carbons (Fsp3) is 0.357. The summed E-state index contributed by atoms with van der Waals surface area (Å²) in [6.45, 7) is 4.85. The zero-order chi connectivity index (χ0) is 13.0. The summed E-state index contributed by atoms with van der Waals surface area (Å²) in [6.07, 6.45) is 0.976. The van der Waals surface area contributed by atoms with Gasteiger partial charge in [-0.15, -0.1) is 11.3 Å². The van der Waals surface area contributed by atoms with Gasteiger partial charge in [-0.05, 0) is 31.0 Å². The zero-order valence-electron chi connectivity index (χ0n) is 10.6. The van der Waals surface area contributed by atoms with Crippen LogP contribution >= 0.6 is 11.3 Å². The molecule has 1 N–H and O–H groups in total. The number of halogens is 1. The third kappa shape index (κ3) is 3.37. The molecule has 2 rings (SSSR count). The molecule has 96 valence electrons. The molecule has 2 nitrogen and oxygen atoms in total. The molecule has 0 amide bonds. The second-order valence-electron chi connectivity index (χ2n) is 4.24. The lowest BCUT2D eigenvalue weighted by molar-refractivity contribution is 0.560. The van der Waals surface area contributed by atoms with Crippen LogP contribution in [0.4, 0.5) is 4.39 Å². The Bertz CT molecular complexity index is 510. The van der Waals surface area contributed by atoms with Crippen molar-refractivity contribution >= 4 is 11.3 Å². The molecule has 0 unspecified atom stereocenters. The Labute approximate surface area is 111 Å². The van der Waals surface area contributed by atoms with Gasteiger partial charge < -0.3 is 5.32 Å². The largest absolute Gasteiger partial charge is 0.305 e. The predicted molar refractivity (Wildman–Crippen MR) is 73.1 cm³/mol. The number of nitrogens with one attached hydrogen (secondary N) is 1. The SMILES string of the molecule is CCc1nc(CN[C@H](C)c2cccc(F)c2)cs1. The highest BCUT2D eigenvalue weighted by atomic mass is 32.1. The van der Waals surface area contributed by atoms with Crippen molar-refractivity contribution in [3.8, 4) is 0 Å². The molecular weight excluding hydrogens is 247 g/mol. The molecule has 0 aliphatic heterocycles. The number of hydrogen-bond donors (Lipinski definition) is 1. The van der Waals surface area contributed by atoms with Crippen LogP contribution < -0.4 is 5.32 Å². The Kier molecular flexibility index (Phi) is 4.44. The van der Waals surface area contributed by atoms with E-state index in [-0.39, 0.29) is 11.9 Å². The average Bonchev–Trinajstić information content (AvgIpc) is 2.84. The van der Waals surface area contributed by atoms with Crippen molar-refractivity contribution in [1.82, 2.24) is 10.3 Å². The first-order chi connectivity index (χ1) is 8.69. The Morgan fingerprint density at radius 1 is 1.44 bits per heavy atom. The molecule has 0 spiro atoms. The first-order valence-electron chi connectivity index (χ1n) is 6.11. The van der Waals surface area contributed by atoms with Crippen molar-refractivity contribution in [3.63, 3.8) is 0 Å². The molecule has 4 heteroatoms. The van der Waals surface area contributed by atoms with Crippen molar-refractivity contribution in [2.24, 2.45) is 0 Å². The summed E-state index contributed by atoms with van der Waals surface area (Å²) in [5.41, 5.74) is 2.01. The van der Waals surface area contributed by atoms with Gasteiger partial charge in [-0.25, -0.2) is 9.37 Å². The number of hydrogen-bond acceptors (Lipinski definition) is 3. The third-order valence-corrected chi connectivity index (χ3v) is 3.88. The van der Waals surface area contributed by atoms with Gasteiger partial charge in [0, 0.05) is 18.0 Å². The van der Waals surface area contributed by atoms with Crippen LogP contribution in [0.3, 0.4) is 0 Å². The second kappa shape index (κ2) is 6.07. The highest BCUT2D eigenvalue weighted by Gasteiger charge is 2.07. The van der Waals surface area contributed by atoms with Gasteiger partial charge in [-0.2, -0.15) is 0 Å². The van der Waals surface area contributed by atoms with Crippen molar-refractivity contribution in [2.75, 3.05) is 0 Å². The molecule has 2 aromatic rings. The first kappa shape index (κ1) is 13.2. The van der Waals surface area contributed by atoms with Gasteiger partial charge >= 0.3 is 0 Å². The van der Waals surface area contributed by atoms with Gasteiger partial charge in [-0.3, -0.25) is 0 Å². The molecule has 0 aliphatic carbocycles. The van der Waals surface area contributed by atoms with Crippen LogP contribution in [-0.2, 0) is 13.0 Å². The summed E-state index contributed by atoms with van der Waals surface area (Å²) in [5, 5.41) is 6.59. The van der Waals surface area contributed by atoms with E-state index in [9.17, 15) is 4.39 Å². The lowest BCUT2D eigenvalue weighted by Crippen LogP contribution is -2.18. The smallest absolute Gasteiger partial charge is 0.123 e. The molecule has 0 bridgehead atoms. The van der Waals surface area contributed by atoms with E-state index in [0.717, 1.165) is 22.7 Å². The predicted octanol–water partition coefficient (Wildman–Crippen LogP) is 3.70. The van der Waals surface area contributed by atoms with Gasteiger partial charge in [0.15, 0.2) is 0 Å². The van der Waals surface area contributed by atoms with E-state index in [1.54, 1.807) is 23.5 Å². The minimum Gasteiger partial charge on any atom is -0.305 e. The quantitative estimate of drug-likeness (QED) is 0.890. The fourth-order valence-corrected chi connectivity index (χ4v) is 2.49. The second-order valence-corrected chi connectivity index (χ2v) is 5.19. The van der Waals surface area contributed by atoms with Crippen LogP contribution in [0.2, 0.25) is 0 Å². The third-order valence-electron chi connectivity index (χ3n) is 2.84. The van der Waals surface area contributed by atoms with E-state index in [0.29, 0.717) is 6.54 Å². The molecule has 1 aromatic heterocycles. The minimum absolute atomic E-state index is 0.118. The molecule has 0 fully saturated rings. The van der Waals surface area contributed by atoms with Gasteiger partial charge in [0.05, 0.1) is 10.7 Å². The number of thiazole rings is 1. The van der Waals surface area contributed by atoms with Crippen LogP contribution in [0.5, 0.6) is 0 Å². The van der Waals surface area contributed by atoms with Crippen molar-refractivity contribution < 1.29 is 4.39 Å². The van der Waals surface area contributed by atoms with Gasteiger partial charge in [0.25, 0.3) is 0 Å². The van der Waals surface area contributed by atoms with E-state index in [4.69, 9.17) is 0 Å². The van der Waals surface area contributed by atoms with Gasteiger partial charge in [0.2, 0.25) is 0 Å². The number of nitrogens with zero attached hydrogens (tertiary/aromatic N) is 1. The molecule has 1 heterocycles. The van der Waals surface area contributed by atoms with E-state index in [2.05, 4.69) is 22.6 Å². The summed E-state index contributed by atoms with van der Waals surface area (Å²) in [6, 6.07) is 6.81. The van der Waals surface area contributed by atoms with Gasteiger partial charge in [0.1, 0.15) is 5.82 Å². The lowest BCUT2D eigenvalue weighted by Gasteiger charge is -2.13. The molecule has 0 saturated carbocycles. The van der Waals surface area contributed by atoms with Crippen LogP contribution in [0.1, 0.15) is 36.2 Å². The first-order valence-corrected chi connectivity index (χ1v) is 6.99. The maximum absolute atomic E-state index is 13.1. The summed E-state index contributed by atoms with van der Waals surface area (Å²) in [7, 11) is 0. The lowest BCUT2D eigenvalue weighted by atomic mass is 10.1. The summed E-state index contributed by atoms with van der Waals surface area (Å²) < 4.78 is 13.1. The number of benzene rings is 1. The Morgan fingerprint density at radius 3 is 2.94 bits per heavy atom. The van der Waals surface area contributed by atoms with Crippen molar-refractivity contribution in [3.05, 3.63) is 51.7 Å². The molecule has 1 atom stereocenters. The van der Waals surface area contributed by atoms with E-state index in [1.165, 1.54) is 6.07 Å². The Hall–Kier alpha value is -1.26. The highest BCUT2D eigenvalue weighted by molar-refractivity contribution is 7.09. The standard InChI is InChI=1S/C14H17FN2S/c1-3-14-17-13(9-18-14)8-16-10(2)11-5-4-6-12(15)7-11/h4-7,9-10,16H,3,8H2,1-2H3/t10-/m1/s1. The Morgan fingerprint density at radius 2 is 2.28 bits per heavy atom. The normalized spacial score (nSPS) is 12.6. The monoisotopic (exact) mass is 264 g/mol. The van der Waals surface area contributed by atoms with E-state index < -0.39 is 0 Å². The maximum atomic E-state index is 13.1. The molecule has 1 aromatic carbocycles. The number of aromatic nitrogens is 1. The summed E-state index contributed by atoms with van der Waals surface area (Å²) >= 11 is 1.69. The maximum Gasteiger partial charge on any atom is 0.123 e. The average molecular weight is 264 g/mol. The molecular formula is C14H17FN2S. The fourth-order valence-electron chi connectivity index (χ4n) is 1.74. The van der Waals surface area contributed by atoms with Crippen molar-refractivity contribution in [1.29, 1.82) is 0 Å². The number of rotatable bonds is 5. The van der Waals surface area contributed by atoms with Crippen LogP contribution in [-0.4, -0.2) is 4.98 Å². The molecule has 0 aliphatic rings. The Balaban J connectivity index is 1.93. The van der Waals surface area contributed by atoms with Gasteiger partial charge in [-0.1, -0.05) is 19.1 Å².